The molecule has 1 aromatic heterocycles. The summed E-state index contributed by atoms with van der Waals surface area (Å²) in [4.78, 5) is 69.9. The van der Waals surface area contributed by atoms with E-state index in [2.05, 4.69) is 10.3 Å². The highest BCUT2D eigenvalue weighted by Crippen LogP contribution is 2.68. The first-order valence-corrected chi connectivity index (χ1v) is 17.8. The molecular formula is C36H33N3O7S2. The molecule has 3 N–H and O–H groups in total. The zero-order valence-electron chi connectivity index (χ0n) is 26.1. The minimum Gasteiger partial charge on any atom is -0.484 e. The molecule has 0 spiro atoms. The van der Waals surface area contributed by atoms with Crippen molar-refractivity contribution in [3.63, 3.8) is 0 Å². The maximum absolute atomic E-state index is 13.9. The molecule has 4 aliphatic rings. The summed E-state index contributed by atoms with van der Waals surface area (Å²) in [6, 6.07) is 20.0. The van der Waals surface area contributed by atoms with Gasteiger partial charge in [0.2, 0.25) is 11.8 Å². The largest absolute Gasteiger partial charge is 0.484 e. The summed E-state index contributed by atoms with van der Waals surface area (Å²) in [5.74, 6) is -3.62. The fourth-order valence-corrected chi connectivity index (χ4v) is 11.7. The number of hydrogen-bond acceptors (Lipinski definition) is 8. The lowest BCUT2D eigenvalue weighted by molar-refractivity contribution is -0.157. The molecule has 3 amide bonds. The molecule has 246 valence electrons. The van der Waals surface area contributed by atoms with Gasteiger partial charge in [-0.05, 0) is 70.7 Å². The Bertz CT molecular complexity index is 2040. The van der Waals surface area contributed by atoms with E-state index in [0.717, 1.165) is 31.1 Å². The van der Waals surface area contributed by atoms with Crippen LogP contribution in [-0.4, -0.2) is 56.6 Å². The van der Waals surface area contributed by atoms with Crippen molar-refractivity contribution in [1.82, 2.24) is 9.88 Å². The third-order valence-electron chi connectivity index (χ3n) is 10.6. The van der Waals surface area contributed by atoms with Crippen LogP contribution < -0.4 is 14.9 Å². The molecule has 2 aliphatic heterocycles. The number of benzene rings is 3. The molecule has 4 aromatic rings. The van der Waals surface area contributed by atoms with Crippen LogP contribution in [0.25, 0.3) is 10.8 Å². The van der Waals surface area contributed by atoms with Crippen molar-refractivity contribution < 1.29 is 29.0 Å². The summed E-state index contributed by atoms with van der Waals surface area (Å²) in [7, 11) is 0. The number of thiazole rings is 1. The van der Waals surface area contributed by atoms with E-state index in [-0.39, 0.29) is 58.1 Å². The lowest BCUT2D eigenvalue weighted by atomic mass is 9.68. The number of nitrogens with zero attached hydrogens (tertiary/aromatic N) is 1. The highest BCUT2D eigenvalue weighted by atomic mass is 32.2. The smallest absolute Gasteiger partial charge is 0.327 e. The second-order valence-electron chi connectivity index (χ2n) is 13.5. The van der Waals surface area contributed by atoms with Gasteiger partial charge in [-0.2, -0.15) is 0 Å². The summed E-state index contributed by atoms with van der Waals surface area (Å²) in [6.07, 6.45) is 0.714. The zero-order valence-corrected chi connectivity index (χ0v) is 27.8. The Labute approximate surface area is 283 Å². The first kappa shape index (κ1) is 30.9. The summed E-state index contributed by atoms with van der Waals surface area (Å²) in [5, 5.41) is 15.7. The first-order valence-electron chi connectivity index (χ1n) is 16.1. The number of likely N-dealkylation sites (tertiary alicyclic amines) is 1. The summed E-state index contributed by atoms with van der Waals surface area (Å²) >= 11 is 2.76. The molecule has 8 atom stereocenters. The highest BCUT2D eigenvalue weighted by molar-refractivity contribution is 8.00. The Morgan fingerprint density at radius 1 is 0.979 bits per heavy atom. The van der Waals surface area contributed by atoms with E-state index in [4.69, 9.17) is 4.74 Å². The number of aromatic nitrogens is 1. The third-order valence-corrected chi connectivity index (χ3v) is 13.2. The van der Waals surface area contributed by atoms with Crippen LogP contribution in [0.2, 0.25) is 0 Å². The molecule has 7 unspecified atom stereocenters. The fraction of sp³-hybridized carbons (Fsp3) is 0.361. The average molecular weight is 684 g/mol. The van der Waals surface area contributed by atoms with Crippen molar-refractivity contribution >= 4 is 63.2 Å². The van der Waals surface area contributed by atoms with Crippen LogP contribution in [0, 0.1) is 35.5 Å². The quantitative estimate of drug-likeness (QED) is 0.215. The Hall–Kier alpha value is -4.42. The lowest BCUT2D eigenvalue weighted by Crippen LogP contribution is -2.49. The number of rotatable bonds is 8. The van der Waals surface area contributed by atoms with Gasteiger partial charge in [0.1, 0.15) is 11.8 Å². The number of fused-ring (bicyclic) bond motifs is 10. The van der Waals surface area contributed by atoms with Crippen molar-refractivity contribution in [2.75, 3.05) is 11.9 Å². The van der Waals surface area contributed by atoms with Gasteiger partial charge in [0, 0.05) is 21.7 Å². The van der Waals surface area contributed by atoms with Crippen LogP contribution in [0.15, 0.2) is 76.6 Å². The number of hydrogen-bond donors (Lipinski definition) is 3. The van der Waals surface area contributed by atoms with Crippen LogP contribution in [0.3, 0.4) is 0 Å². The van der Waals surface area contributed by atoms with Crippen molar-refractivity contribution in [1.29, 1.82) is 0 Å². The number of carbonyl (C=O) groups excluding carboxylic acids is 3. The van der Waals surface area contributed by atoms with Gasteiger partial charge in [0.05, 0.1) is 16.9 Å². The van der Waals surface area contributed by atoms with Gasteiger partial charge in [-0.15, -0.1) is 11.8 Å². The Balaban J connectivity index is 1.03. The molecule has 8 rings (SSSR count). The Morgan fingerprint density at radius 3 is 2.40 bits per heavy atom. The summed E-state index contributed by atoms with van der Waals surface area (Å²) in [6.45, 7) is 3.26. The van der Waals surface area contributed by atoms with Gasteiger partial charge < -0.3 is 20.1 Å². The molecule has 10 nitrogen and oxygen atoms in total. The molecule has 1 saturated heterocycles. The van der Waals surface area contributed by atoms with Gasteiger partial charge in [-0.1, -0.05) is 67.6 Å². The minimum atomic E-state index is -1.19. The maximum Gasteiger partial charge on any atom is 0.327 e. The number of thioether (sulfide) groups is 1. The number of carboxylic acids is 1. The van der Waals surface area contributed by atoms with E-state index in [1.807, 2.05) is 66.7 Å². The van der Waals surface area contributed by atoms with Crippen molar-refractivity contribution in [2.24, 2.45) is 35.5 Å². The van der Waals surface area contributed by atoms with Crippen LogP contribution in [0.4, 0.5) is 5.69 Å². The van der Waals surface area contributed by atoms with Crippen LogP contribution in [-0.2, 0) is 19.2 Å². The predicted molar refractivity (Wildman–Crippen MR) is 181 cm³/mol. The molecule has 48 heavy (non-hydrogen) atoms. The van der Waals surface area contributed by atoms with Crippen molar-refractivity contribution in [3.05, 3.63) is 86.8 Å². The summed E-state index contributed by atoms with van der Waals surface area (Å²) in [5.41, 5.74) is 1.64. The van der Waals surface area contributed by atoms with Gasteiger partial charge in [0.25, 0.3) is 5.91 Å². The predicted octanol–water partition coefficient (Wildman–Crippen LogP) is 5.19. The highest BCUT2D eigenvalue weighted by Gasteiger charge is 2.70. The van der Waals surface area contributed by atoms with Crippen molar-refractivity contribution in [2.45, 2.75) is 42.5 Å². The Morgan fingerprint density at radius 2 is 1.69 bits per heavy atom. The van der Waals surface area contributed by atoms with E-state index in [1.54, 1.807) is 25.6 Å². The zero-order chi connectivity index (χ0) is 33.4. The fourth-order valence-electron chi connectivity index (χ4n) is 8.77. The van der Waals surface area contributed by atoms with Crippen LogP contribution >= 0.6 is 23.1 Å². The van der Waals surface area contributed by atoms with Gasteiger partial charge in [-0.3, -0.25) is 24.1 Å². The Kier molecular flexibility index (Phi) is 7.48. The van der Waals surface area contributed by atoms with Crippen molar-refractivity contribution in [3.8, 4) is 5.75 Å². The van der Waals surface area contributed by atoms with Gasteiger partial charge in [-0.25, -0.2) is 4.79 Å². The SMILES string of the molecule is CC(C)C(C(=O)O)N1C(=O)C2C3CC(C2C1=O)C1C3Sc2[nH]c(=O)sc2[C@@H]1c1ccc(OCC(=O)Nc2ccc3ccccc3c2)cc1. The topological polar surface area (TPSA) is 146 Å². The van der Waals surface area contributed by atoms with E-state index in [1.165, 1.54) is 11.3 Å². The number of imide groups is 1. The second-order valence-corrected chi connectivity index (χ2v) is 15.7. The number of amides is 3. The van der Waals surface area contributed by atoms with Gasteiger partial charge >= 0.3 is 10.8 Å². The van der Waals surface area contributed by atoms with E-state index in [9.17, 15) is 29.1 Å². The molecule has 3 aromatic carbocycles. The lowest BCUT2D eigenvalue weighted by Gasteiger charge is -2.43. The van der Waals surface area contributed by atoms with E-state index >= 15 is 0 Å². The summed E-state index contributed by atoms with van der Waals surface area (Å²) < 4.78 is 5.83. The maximum atomic E-state index is 13.9. The molecule has 2 aliphatic carbocycles. The number of aromatic amines is 1. The first-order chi connectivity index (χ1) is 23.1. The number of nitrogens with one attached hydrogen (secondary N) is 2. The number of aliphatic carboxylic acids is 1. The molecule has 2 bridgehead atoms. The van der Waals surface area contributed by atoms with E-state index < -0.39 is 29.8 Å². The number of H-pyrrole nitrogens is 1. The minimum absolute atomic E-state index is 0.00671. The second kappa shape index (κ2) is 11.6. The molecule has 12 heteroatoms. The van der Waals surface area contributed by atoms with E-state index in [0.29, 0.717) is 17.9 Å². The molecule has 2 saturated carbocycles. The van der Waals surface area contributed by atoms with Crippen LogP contribution in [0.5, 0.6) is 5.75 Å². The number of carboxylic acid groups (broad SMARTS) is 1. The standard InChI is InChI=1S/C36H33N3O7S2/c1-16(2)29(35(43)44)39-33(41)27-22-14-23(28(27)34(39)42)30-26(22)25(31-32(47-30)38-36(45)48-31)18-8-11-21(12-9-18)46-15-24(40)37-20-10-7-17-5-3-4-6-19(17)13-20/h3-13,16,22-23,25-30H,14-15H2,1-2H3,(H,37,40)(H,38,45)(H,43,44)/t22?,23?,25-,26?,27?,28?,29?,30?/m1/s1. The normalized spacial score (nSPS) is 27.6. The molecule has 3 heterocycles. The average Bonchev–Trinajstić information content (AvgIpc) is 3.80. The van der Waals surface area contributed by atoms with Gasteiger partial charge in [0.15, 0.2) is 6.61 Å². The third kappa shape index (κ3) is 4.87. The number of ether oxygens (including phenoxy) is 1. The van der Waals surface area contributed by atoms with Crippen LogP contribution in [0.1, 0.15) is 36.6 Å². The monoisotopic (exact) mass is 683 g/mol. The molecular weight excluding hydrogens is 651 g/mol. The molecule has 0 radical (unpaired) electrons. The molecule has 3 fully saturated rings. The number of carbonyl (C=O) groups is 4. The number of anilines is 1.